The van der Waals surface area contributed by atoms with E-state index in [1.54, 1.807) is 6.07 Å². The first kappa shape index (κ1) is 27.8. The van der Waals surface area contributed by atoms with Gasteiger partial charge in [-0.1, -0.05) is 48.5 Å². The fraction of sp³-hybridized carbons (Fsp3) is 0.200. The summed E-state index contributed by atoms with van der Waals surface area (Å²) < 4.78 is 40.5. The van der Waals surface area contributed by atoms with Crippen molar-refractivity contribution in [1.29, 1.82) is 0 Å². The molecule has 0 saturated heterocycles. The number of ketones is 1. The molecule has 0 unspecified atom stereocenters. The molecule has 0 radical (unpaired) electrons. The Morgan fingerprint density at radius 3 is 2.18 bits per heavy atom. The van der Waals surface area contributed by atoms with Crippen LogP contribution in [-0.2, 0) is 21.3 Å². The van der Waals surface area contributed by atoms with Gasteiger partial charge in [-0.2, -0.15) is 4.31 Å². The number of hydrogen-bond acceptors (Lipinski definition) is 6. The van der Waals surface area contributed by atoms with Crippen molar-refractivity contribution in [2.75, 3.05) is 20.8 Å². The maximum Gasteiger partial charge on any atom is 0.338 e. The van der Waals surface area contributed by atoms with Crippen LogP contribution in [0.2, 0.25) is 0 Å². The number of ether oxygens (including phenoxy) is 2. The van der Waals surface area contributed by atoms with Gasteiger partial charge >= 0.3 is 5.97 Å². The Morgan fingerprint density at radius 1 is 0.897 bits per heavy atom. The molecule has 0 aliphatic rings. The first-order valence-corrected chi connectivity index (χ1v) is 13.7. The van der Waals surface area contributed by atoms with Crippen LogP contribution in [0.5, 0.6) is 5.75 Å². The van der Waals surface area contributed by atoms with Crippen molar-refractivity contribution in [2.24, 2.45) is 0 Å². The highest BCUT2D eigenvalue weighted by Gasteiger charge is 2.27. The number of methoxy groups -OCH3 is 1. The minimum absolute atomic E-state index is 0.00922. The maximum atomic E-state index is 13.4. The van der Waals surface area contributed by atoms with Crippen molar-refractivity contribution >= 4 is 21.8 Å². The molecule has 0 aliphatic carbocycles. The quantitative estimate of drug-likeness (QED) is 0.206. The zero-order chi connectivity index (χ0) is 28.2. The lowest BCUT2D eigenvalue weighted by atomic mass is 10.1. The molecule has 0 spiro atoms. The molecule has 1 aromatic heterocycles. The molecule has 9 heteroatoms. The molecule has 0 N–H and O–H groups in total. The predicted octanol–water partition coefficient (Wildman–Crippen LogP) is 4.96. The monoisotopic (exact) mass is 546 g/mol. The average molecular weight is 547 g/mol. The van der Waals surface area contributed by atoms with E-state index in [0.29, 0.717) is 5.56 Å². The molecule has 3 aromatic carbocycles. The molecular weight excluding hydrogens is 516 g/mol. The van der Waals surface area contributed by atoms with Crippen LogP contribution in [0.3, 0.4) is 0 Å². The molecule has 4 rings (SSSR count). The zero-order valence-corrected chi connectivity index (χ0v) is 23.1. The van der Waals surface area contributed by atoms with E-state index < -0.39 is 22.6 Å². The van der Waals surface area contributed by atoms with E-state index in [1.807, 2.05) is 79.1 Å². The van der Waals surface area contributed by atoms with Gasteiger partial charge in [0.25, 0.3) is 0 Å². The summed E-state index contributed by atoms with van der Waals surface area (Å²) in [6.45, 7) is 3.38. The molecule has 202 valence electrons. The Labute approximate surface area is 228 Å². The second-order valence-electron chi connectivity index (χ2n) is 9.07. The van der Waals surface area contributed by atoms with Gasteiger partial charge in [0.15, 0.2) is 6.61 Å². The number of aromatic nitrogens is 1. The number of para-hydroxylation sites is 1. The Hall–Kier alpha value is -4.21. The first-order chi connectivity index (χ1) is 18.6. The zero-order valence-electron chi connectivity index (χ0n) is 22.2. The number of Topliss-reactive ketones (excluding diaryl/α,β-unsaturated/α-hetero) is 1. The SMILES string of the molecule is COc1ccc(C(=O)OCC(=O)c2cc(C)n(-c3ccccc3)c2C)cc1S(=O)(=O)N(C)Cc1ccccc1. The number of sulfonamides is 1. The lowest BCUT2D eigenvalue weighted by Gasteiger charge is -2.19. The van der Waals surface area contributed by atoms with Crippen molar-refractivity contribution in [3.63, 3.8) is 0 Å². The van der Waals surface area contributed by atoms with Crippen molar-refractivity contribution in [1.82, 2.24) is 8.87 Å². The minimum Gasteiger partial charge on any atom is -0.495 e. The van der Waals surface area contributed by atoms with E-state index in [0.717, 1.165) is 22.6 Å². The van der Waals surface area contributed by atoms with Crippen molar-refractivity contribution in [3.8, 4) is 11.4 Å². The van der Waals surface area contributed by atoms with Crippen molar-refractivity contribution in [2.45, 2.75) is 25.3 Å². The summed E-state index contributed by atoms with van der Waals surface area (Å²) in [5.74, 6) is -1.08. The van der Waals surface area contributed by atoms with E-state index in [1.165, 1.54) is 36.7 Å². The molecule has 0 bridgehead atoms. The molecular formula is C30H30N2O6S. The van der Waals surface area contributed by atoms with E-state index in [-0.39, 0.29) is 28.5 Å². The standard InChI is InChI=1S/C30H30N2O6S/c1-21-17-26(22(2)32(21)25-13-9-6-10-14-25)27(33)20-38-30(34)24-15-16-28(37-4)29(18-24)39(35,36)31(3)19-23-11-7-5-8-12-23/h5-18H,19-20H2,1-4H3. The van der Waals surface area contributed by atoms with Gasteiger partial charge in [0.05, 0.1) is 12.7 Å². The summed E-state index contributed by atoms with van der Waals surface area (Å²) in [5.41, 5.74) is 3.78. The van der Waals surface area contributed by atoms with Gasteiger partial charge in [-0.25, -0.2) is 13.2 Å². The van der Waals surface area contributed by atoms with Crippen LogP contribution in [0, 0.1) is 13.8 Å². The topological polar surface area (TPSA) is 94.9 Å². The summed E-state index contributed by atoms with van der Waals surface area (Å²) in [7, 11) is -1.20. The maximum absolute atomic E-state index is 13.4. The molecule has 0 aliphatic heterocycles. The summed E-state index contributed by atoms with van der Waals surface area (Å²) >= 11 is 0. The van der Waals surface area contributed by atoms with Crippen LogP contribution in [-0.4, -0.2) is 49.8 Å². The van der Waals surface area contributed by atoms with E-state index in [4.69, 9.17) is 9.47 Å². The normalized spacial score (nSPS) is 11.4. The molecule has 4 aromatic rings. The van der Waals surface area contributed by atoms with Crippen LogP contribution in [0.1, 0.15) is 37.7 Å². The van der Waals surface area contributed by atoms with Crippen molar-refractivity contribution < 1.29 is 27.5 Å². The molecule has 0 amide bonds. The fourth-order valence-electron chi connectivity index (χ4n) is 4.41. The molecule has 8 nitrogen and oxygen atoms in total. The highest BCUT2D eigenvalue weighted by Crippen LogP contribution is 2.29. The highest BCUT2D eigenvalue weighted by molar-refractivity contribution is 7.89. The van der Waals surface area contributed by atoms with E-state index in [2.05, 4.69) is 0 Å². The third-order valence-corrected chi connectivity index (χ3v) is 8.24. The fourth-order valence-corrected chi connectivity index (χ4v) is 5.75. The van der Waals surface area contributed by atoms with Gasteiger partial charge in [0, 0.05) is 36.2 Å². The van der Waals surface area contributed by atoms with Gasteiger partial charge in [-0.05, 0) is 55.8 Å². The summed E-state index contributed by atoms with van der Waals surface area (Å²) in [6.07, 6.45) is 0. The molecule has 0 fully saturated rings. The number of aryl methyl sites for hydroxylation is 1. The number of hydrogen-bond donors (Lipinski definition) is 0. The number of carbonyl (C=O) groups excluding carboxylic acids is 2. The van der Waals surface area contributed by atoms with Crippen molar-refractivity contribution in [3.05, 3.63) is 113 Å². The number of carbonyl (C=O) groups is 2. The summed E-state index contributed by atoms with van der Waals surface area (Å²) in [5, 5.41) is 0. The van der Waals surface area contributed by atoms with Crippen LogP contribution in [0.15, 0.2) is 89.8 Å². The summed E-state index contributed by atoms with van der Waals surface area (Å²) in [6, 6.07) is 24.6. The van der Waals surface area contributed by atoms with Gasteiger partial charge < -0.3 is 14.0 Å². The number of rotatable bonds is 10. The largest absolute Gasteiger partial charge is 0.495 e. The predicted molar refractivity (Wildman–Crippen MR) is 148 cm³/mol. The van der Waals surface area contributed by atoms with Crippen LogP contribution in [0.4, 0.5) is 0 Å². The third kappa shape index (κ3) is 5.94. The van der Waals surface area contributed by atoms with Crippen LogP contribution < -0.4 is 4.74 Å². The average Bonchev–Trinajstić information content (AvgIpc) is 3.25. The van der Waals surface area contributed by atoms with Crippen LogP contribution in [0.25, 0.3) is 5.69 Å². The van der Waals surface area contributed by atoms with Gasteiger partial charge in [-0.15, -0.1) is 0 Å². The molecule has 0 saturated carbocycles. The Balaban J connectivity index is 1.51. The van der Waals surface area contributed by atoms with E-state index >= 15 is 0 Å². The van der Waals surface area contributed by atoms with E-state index in [9.17, 15) is 18.0 Å². The van der Waals surface area contributed by atoms with Gasteiger partial charge in [-0.3, -0.25) is 4.79 Å². The Bertz CT molecular complexity index is 1600. The number of benzene rings is 3. The third-order valence-electron chi connectivity index (χ3n) is 6.42. The lowest BCUT2D eigenvalue weighted by Crippen LogP contribution is -2.27. The van der Waals surface area contributed by atoms with Gasteiger partial charge in [0.2, 0.25) is 15.8 Å². The second kappa shape index (κ2) is 11.7. The lowest BCUT2D eigenvalue weighted by molar-refractivity contribution is 0.0474. The second-order valence-corrected chi connectivity index (χ2v) is 11.1. The smallest absolute Gasteiger partial charge is 0.338 e. The Morgan fingerprint density at radius 2 is 1.54 bits per heavy atom. The molecule has 1 heterocycles. The first-order valence-electron chi connectivity index (χ1n) is 12.3. The van der Waals surface area contributed by atoms with Gasteiger partial charge in [0.1, 0.15) is 10.6 Å². The summed E-state index contributed by atoms with van der Waals surface area (Å²) in [4.78, 5) is 25.7. The number of nitrogens with zero attached hydrogens (tertiary/aromatic N) is 2. The minimum atomic E-state index is -4.01. The highest BCUT2D eigenvalue weighted by atomic mass is 32.2. The number of esters is 1. The Kier molecular flexibility index (Phi) is 8.32. The molecule has 39 heavy (non-hydrogen) atoms. The van der Waals surface area contributed by atoms with Crippen LogP contribution >= 0.6 is 0 Å². The molecule has 0 atom stereocenters.